The number of fused-ring (bicyclic) bond motifs is 5. The number of aromatic nitrogens is 2. The van der Waals surface area contributed by atoms with Gasteiger partial charge in [0.05, 0.1) is 11.4 Å². The van der Waals surface area contributed by atoms with Crippen molar-refractivity contribution < 1.29 is 4.74 Å². The number of nitrogen functional groups attached to an aromatic ring is 1. The lowest BCUT2D eigenvalue weighted by atomic mass is 9.71. The first-order chi connectivity index (χ1) is 10.1. The van der Waals surface area contributed by atoms with Gasteiger partial charge in [-0.15, -0.1) is 0 Å². The largest absolute Gasteiger partial charge is 0.490 e. The summed E-state index contributed by atoms with van der Waals surface area (Å²) in [5.74, 6) is 1.51. The zero-order valence-corrected chi connectivity index (χ0v) is 12.2. The van der Waals surface area contributed by atoms with E-state index in [1.165, 1.54) is 5.56 Å². The highest BCUT2D eigenvalue weighted by Crippen LogP contribution is 2.48. The first kappa shape index (κ1) is 12.4. The summed E-state index contributed by atoms with van der Waals surface area (Å²) in [6, 6.07) is 4.10. The van der Waals surface area contributed by atoms with Crippen molar-refractivity contribution in [3.8, 4) is 17.0 Å². The van der Waals surface area contributed by atoms with E-state index in [9.17, 15) is 0 Å². The Morgan fingerprint density at radius 2 is 2.14 bits per heavy atom. The molecule has 4 rings (SSSR count). The van der Waals surface area contributed by atoms with E-state index in [0.717, 1.165) is 41.2 Å². The highest BCUT2D eigenvalue weighted by atomic mass is 16.5. The van der Waals surface area contributed by atoms with Crippen LogP contribution in [0.2, 0.25) is 0 Å². The van der Waals surface area contributed by atoms with Gasteiger partial charge >= 0.3 is 0 Å². The molecule has 0 radical (unpaired) electrons. The second-order valence-corrected chi connectivity index (χ2v) is 6.28. The van der Waals surface area contributed by atoms with Crippen LogP contribution in [0.25, 0.3) is 11.3 Å². The van der Waals surface area contributed by atoms with E-state index in [1.54, 1.807) is 6.33 Å². The van der Waals surface area contributed by atoms with Gasteiger partial charge in [0.25, 0.3) is 0 Å². The maximum Gasteiger partial charge on any atom is 0.142 e. The summed E-state index contributed by atoms with van der Waals surface area (Å²) < 4.78 is 5.75. The number of anilines is 2. The Labute approximate surface area is 123 Å². The van der Waals surface area contributed by atoms with Crippen LogP contribution >= 0.6 is 0 Å². The summed E-state index contributed by atoms with van der Waals surface area (Å²) in [7, 11) is 0. The SMILES string of the molecule is CC1(C)Cc2c(ccc3c2NCCO3)-c2ncnc(N)c21. The Morgan fingerprint density at radius 1 is 1.29 bits per heavy atom. The molecule has 2 aromatic rings. The van der Waals surface area contributed by atoms with Gasteiger partial charge in [-0.2, -0.15) is 0 Å². The molecular formula is C16H18N4O. The molecule has 0 unspecified atom stereocenters. The minimum Gasteiger partial charge on any atom is -0.490 e. The first-order valence-electron chi connectivity index (χ1n) is 7.22. The third-order valence-corrected chi connectivity index (χ3v) is 4.36. The topological polar surface area (TPSA) is 73.1 Å². The third kappa shape index (κ3) is 1.70. The fourth-order valence-corrected chi connectivity index (χ4v) is 3.48. The van der Waals surface area contributed by atoms with Crippen LogP contribution in [0.4, 0.5) is 11.5 Å². The molecule has 3 N–H and O–H groups in total. The molecule has 2 aliphatic rings. The Bertz CT molecular complexity index is 739. The van der Waals surface area contributed by atoms with Crippen molar-refractivity contribution in [2.75, 3.05) is 24.2 Å². The van der Waals surface area contributed by atoms with Crippen molar-refractivity contribution in [3.05, 3.63) is 29.6 Å². The number of ether oxygens (including phenoxy) is 1. The minimum atomic E-state index is -0.0953. The van der Waals surface area contributed by atoms with Crippen molar-refractivity contribution in [3.63, 3.8) is 0 Å². The van der Waals surface area contributed by atoms with Crippen molar-refractivity contribution in [1.82, 2.24) is 9.97 Å². The lowest BCUT2D eigenvalue weighted by Crippen LogP contribution is -2.30. The smallest absolute Gasteiger partial charge is 0.142 e. The maximum atomic E-state index is 6.12. The average Bonchev–Trinajstić information content (AvgIpc) is 2.46. The van der Waals surface area contributed by atoms with Crippen LogP contribution in [-0.2, 0) is 11.8 Å². The summed E-state index contributed by atoms with van der Waals surface area (Å²) in [5, 5.41) is 3.47. The normalized spacial score (nSPS) is 17.8. The zero-order valence-electron chi connectivity index (χ0n) is 12.2. The molecule has 2 heterocycles. The van der Waals surface area contributed by atoms with Crippen molar-refractivity contribution in [2.24, 2.45) is 0 Å². The minimum absolute atomic E-state index is 0.0953. The van der Waals surface area contributed by atoms with Gasteiger partial charge < -0.3 is 15.8 Å². The molecule has 108 valence electrons. The van der Waals surface area contributed by atoms with E-state index in [1.807, 2.05) is 6.07 Å². The van der Waals surface area contributed by atoms with Gasteiger partial charge in [-0.25, -0.2) is 9.97 Å². The fraction of sp³-hybridized carbons (Fsp3) is 0.375. The van der Waals surface area contributed by atoms with Crippen LogP contribution in [0, 0.1) is 0 Å². The molecule has 0 amide bonds. The van der Waals surface area contributed by atoms with Crippen molar-refractivity contribution >= 4 is 11.5 Å². The van der Waals surface area contributed by atoms with Gasteiger partial charge in [0, 0.05) is 17.7 Å². The summed E-state index contributed by atoms with van der Waals surface area (Å²) in [4.78, 5) is 8.68. The Kier molecular flexibility index (Phi) is 2.43. The molecule has 5 heteroatoms. The lowest BCUT2D eigenvalue weighted by Gasteiger charge is -2.36. The lowest BCUT2D eigenvalue weighted by molar-refractivity contribution is 0.322. The molecule has 0 atom stereocenters. The maximum absolute atomic E-state index is 6.12. The van der Waals surface area contributed by atoms with E-state index < -0.39 is 0 Å². The quantitative estimate of drug-likeness (QED) is 0.776. The first-order valence-corrected chi connectivity index (χ1v) is 7.22. The molecule has 1 aromatic heterocycles. The Hall–Kier alpha value is -2.30. The van der Waals surface area contributed by atoms with E-state index in [2.05, 4.69) is 35.2 Å². The van der Waals surface area contributed by atoms with E-state index >= 15 is 0 Å². The fourth-order valence-electron chi connectivity index (χ4n) is 3.48. The number of rotatable bonds is 0. The number of benzene rings is 1. The summed E-state index contributed by atoms with van der Waals surface area (Å²) in [6.45, 7) is 5.93. The molecule has 0 saturated carbocycles. The summed E-state index contributed by atoms with van der Waals surface area (Å²) in [5.41, 5.74) is 11.5. The molecule has 5 nitrogen and oxygen atoms in total. The number of hydrogen-bond donors (Lipinski definition) is 2. The second-order valence-electron chi connectivity index (χ2n) is 6.28. The van der Waals surface area contributed by atoms with Crippen molar-refractivity contribution in [1.29, 1.82) is 0 Å². The average molecular weight is 282 g/mol. The molecule has 0 bridgehead atoms. The van der Waals surface area contributed by atoms with Gasteiger partial charge in [0.15, 0.2) is 0 Å². The van der Waals surface area contributed by atoms with Crippen LogP contribution in [0.3, 0.4) is 0 Å². The van der Waals surface area contributed by atoms with Gasteiger partial charge in [-0.3, -0.25) is 0 Å². The second kappa shape index (κ2) is 4.10. The summed E-state index contributed by atoms with van der Waals surface area (Å²) in [6.07, 6.45) is 2.44. The molecule has 0 saturated heterocycles. The standard InChI is InChI=1S/C16H18N4O/c1-16(2)7-10-9(14-12(16)15(17)20-8-19-14)3-4-11-13(10)18-5-6-21-11/h3-4,8,18H,5-7H2,1-2H3,(H2,17,19,20). The zero-order chi connectivity index (χ0) is 14.6. The number of nitrogens with one attached hydrogen (secondary N) is 1. The van der Waals surface area contributed by atoms with E-state index in [-0.39, 0.29) is 5.41 Å². The van der Waals surface area contributed by atoms with Gasteiger partial charge in [0.1, 0.15) is 24.5 Å². The monoisotopic (exact) mass is 282 g/mol. The molecule has 0 fully saturated rings. The van der Waals surface area contributed by atoms with E-state index in [4.69, 9.17) is 10.5 Å². The third-order valence-electron chi connectivity index (χ3n) is 4.36. The van der Waals surface area contributed by atoms with Crippen LogP contribution in [0.5, 0.6) is 5.75 Å². The molecule has 1 aromatic carbocycles. The predicted octanol–water partition coefficient (Wildman–Crippen LogP) is 2.36. The molecule has 21 heavy (non-hydrogen) atoms. The van der Waals surface area contributed by atoms with Crippen LogP contribution in [0.1, 0.15) is 25.0 Å². The molecular weight excluding hydrogens is 264 g/mol. The van der Waals surface area contributed by atoms with Gasteiger partial charge in [0.2, 0.25) is 0 Å². The van der Waals surface area contributed by atoms with Crippen LogP contribution in [0.15, 0.2) is 18.5 Å². The Balaban J connectivity index is 2.03. The van der Waals surface area contributed by atoms with Gasteiger partial charge in [-0.1, -0.05) is 13.8 Å². The summed E-state index contributed by atoms with van der Waals surface area (Å²) >= 11 is 0. The number of hydrogen-bond acceptors (Lipinski definition) is 5. The van der Waals surface area contributed by atoms with Gasteiger partial charge in [-0.05, 0) is 29.5 Å². The molecule has 1 aliphatic carbocycles. The van der Waals surface area contributed by atoms with Crippen LogP contribution < -0.4 is 15.8 Å². The molecule has 0 spiro atoms. The molecule has 1 aliphatic heterocycles. The number of nitrogens with zero attached hydrogens (tertiary/aromatic N) is 2. The van der Waals surface area contributed by atoms with Crippen LogP contribution in [-0.4, -0.2) is 23.1 Å². The number of nitrogens with two attached hydrogens (primary N) is 1. The predicted molar refractivity (Wildman–Crippen MR) is 82.6 cm³/mol. The van der Waals surface area contributed by atoms with E-state index in [0.29, 0.717) is 12.4 Å². The highest BCUT2D eigenvalue weighted by Gasteiger charge is 2.36. The van der Waals surface area contributed by atoms with Crippen molar-refractivity contribution in [2.45, 2.75) is 25.7 Å². The Morgan fingerprint density at radius 3 is 3.00 bits per heavy atom. The highest BCUT2D eigenvalue weighted by molar-refractivity contribution is 5.82.